The molecule has 1 unspecified atom stereocenters. The number of rotatable bonds is 1. The smallest absolute Gasteiger partial charge is 0.179 e. The number of nitriles is 1. The van der Waals surface area contributed by atoms with Gasteiger partial charge in [0.1, 0.15) is 23.5 Å². The third kappa shape index (κ3) is 2.54. The van der Waals surface area contributed by atoms with Gasteiger partial charge in [-0.3, -0.25) is 4.79 Å². The van der Waals surface area contributed by atoms with Crippen LogP contribution in [0.5, 0.6) is 0 Å². The molecule has 1 aromatic carbocycles. The summed E-state index contributed by atoms with van der Waals surface area (Å²) in [6.45, 7) is 4.21. The summed E-state index contributed by atoms with van der Waals surface area (Å²) >= 11 is 6.04. The molecule has 1 aromatic heterocycles. The van der Waals surface area contributed by atoms with E-state index in [1.54, 1.807) is 10.9 Å². The lowest BCUT2D eigenvalue weighted by Gasteiger charge is -2.39. The molecule has 4 rings (SSSR count). The highest BCUT2D eigenvalue weighted by atomic mass is 35.5. The van der Waals surface area contributed by atoms with Crippen molar-refractivity contribution in [3.05, 3.63) is 57.9 Å². The Morgan fingerprint density at radius 3 is 2.72 bits per heavy atom. The quantitative estimate of drug-likeness (QED) is 0.839. The Balaban J connectivity index is 1.94. The van der Waals surface area contributed by atoms with E-state index in [1.807, 2.05) is 24.3 Å². The minimum absolute atomic E-state index is 0.0848. The summed E-state index contributed by atoms with van der Waals surface area (Å²) in [4.78, 5) is 12.8. The number of carbonyl (C=O) groups is 1. The van der Waals surface area contributed by atoms with Crippen molar-refractivity contribution in [2.75, 3.05) is 5.32 Å². The van der Waals surface area contributed by atoms with E-state index in [4.69, 9.17) is 11.6 Å². The van der Waals surface area contributed by atoms with Gasteiger partial charge in [0.15, 0.2) is 5.78 Å². The second kappa shape index (κ2) is 5.47. The summed E-state index contributed by atoms with van der Waals surface area (Å²) in [5.41, 5.74) is 2.96. The number of hydrogen-bond donors (Lipinski definition) is 1. The molecule has 5 nitrogen and oxygen atoms in total. The van der Waals surface area contributed by atoms with E-state index >= 15 is 0 Å². The minimum Gasteiger partial charge on any atom is -0.336 e. The second-order valence-corrected chi connectivity index (χ2v) is 7.82. The summed E-state index contributed by atoms with van der Waals surface area (Å²) in [5.74, 6) is 0.663. The van der Waals surface area contributed by atoms with Gasteiger partial charge < -0.3 is 5.32 Å². The number of carbonyl (C=O) groups excluding carboxylic acids is 1. The van der Waals surface area contributed by atoms with Crippen molar-refractivity contribution in [1.29, 1.82) is 5.26 Å². The first-order valence-corrected chi connectivity index (χ1v) is 8.54. The van der Waals surface area contributed by atoms with E-state index in [0.717, 1.165) is 17.6 Å². The van der Waals surface area contributed by atoms with Crippen LogP contribution in [0.2, 0.25) is 5.02 Å². The number of allylic oxidation sites excluding steroid dienone is 2. The number of ketones is 1. The number of aromatic nitrogens is 2. The molecule has 126 valence electrons. The maximum Gasteiger partial charge on any atom is 0.179 e. The standard InChI is InChI=1S/C19H17ClN4O/c1-19(2)7-14-16(15(25)8-19)23-18-12(9-21)10-22-24(18)17(14)11-3-5-13(20)6-4-11/h3-6,10,17,23H,7-8H2,1-2H3. The monoisotopic (exact) mass is 352 g/mol. The van der Waals surface area contributed by atoms with Gasteiger partial charge >= 0.3 is 0 Å². The van der Waals surface area contributed by atoms with Crippen molar-refractivity contribution in [2.45, 2.75) is 32.7 Å². The molecule has 0 spiro atoms. The van der Waals surface area contributed by atoms with Crippen molar-refractivity contribution in [1.82, 2.24) is 9.78 Å². The highest BCUT2D eigenvalue weighted by Gasteiger charge is 2.41. The van der Waals surface area contributed by atoms with Crippen LogP contribution in [0.15, 0.2) is 41.7 Å². The third-order valence-corrected chi connectivity index (χ3v) is 5.08. The van der Waals surface area contributed by atoms with Crippen LogP contribution in [-0.2, 0) is 4.79 Å². The van der Waals surface area contributed by atoms with Gasteiger partial charge in [0, 0.05) is 11.4 Å². The fraction of sp³-hybridized carbons (Fsp3) is 0.316. The highest BCUT2D eigenvalue weighted by Crippen LogP contribution is 2.47. The summed E-state index contributed by atoms with van der Waals surface area (Å²) < 4.78 is 1.80. The van der Waals surface area contributed by atoms with E-state index in [1.165, 1.54) is 0 Å². The topological polar surface area (TPSA) is 70.7 Å². The number of anilines is 1. The number of benzene rings is 1. The zero-order valence-corrected chi connectivity index (χ0v) is 14.8. The molecule has 2 aromatic rings. The van der Waals surface area contributed by atoms with Crippen LogP contribution in [0.4, 0.5) is 5.82 Å². The largest absolute Gasteiger partial charge is 0.336 e. The molecule has 0 radical (unpaired) electrons. The van der Waals surface area contributed by atoms with Gasteiger partial charge in [0.25, 0.3) is 0 Å². The van der Waals surface area contributed by atoms with Gasteiger partial charge in [-0.05, 0) is 35.1 Å². The first kappa shape index (κ1) is 15.9. The Labute approximate surface area is 150 Å². The number of halogens is 1. The average Bonchev–Trinajstić information content (AvgIpc) is 2.96. The minimum atomic E-state index is -0.214. The number of hydrogen-bond acceptors (Lipinski definition) is 4. The summed E-state index contributed by atoms with van der Waals surface area (Å²) in [7, 11) is 0. The summed E-state index contributed by atoms with van der Waals surface area (Å²) in [6.07, 6.45) is 2.82. The van der Waals surface area contributed by atoms with E-state index in [0.29, 0.717) is 28.5 Å². The fourth-order valence-corrected chi connectivity index (χ4v) is 3.90. The SMILES string of the molecule is CC1(C)CC(=O)C2=C(C1)C(c1ccc(Cl)cc1)n1ncc(C#N)c1N2. The first-order valence-electron chi connectivity index (χ1n) is 8.16. The maximum atomic E-state index is 12.8. The van der Waals surface area contributed by atoms with Crippen LogP contribution in [0, 0.1) is 16.7 Å². The summed E-state index contributed by atoms with van der Waals surface area (Å²) in [5, 5.41) is 17.6. The summed E-state index contributed by atoms with van der Waals surface area (Å²) in [6, 6.07) is 9.50. The van der Waals surface area contributed by atoms with Crippen molar-refractivity contribution in [3.8, 4) is 6.07 Å². The van der Waals surface area contributed by atoms with Crippen LogP contribution < -0.4 is 5.32 Å². The molecule has 2 aliphatic rings. The van der Waals surface area contributed by atoms with Crippen LogP contribution in [0.3, 0.4) is 0 Å². The molecule has 1 aliphatic carbocycles. The molecule has 25 heavy (non-hydrogen) atoms. The van der Waals surface area contributed by atoms with E-state index in [-0.39, 0.29) is 17.2 Å². The highest BCUT2D eigenvalue weighted by molar-refractivity contribution is 6.30. The van der Waals surface area contributed by atoms with Crippen molar-refractivity contribution >= 4 is 23.2 Å². The normalized spacial score (nSPS) is 21.2. The number of nitrogens with one attached hydrogen (secondary N) is 1. The average molecular weight is 353 g/mol. The van der Waals surface area contributed by atoms with Crippen LogP contribution >= 0.6 is 11.6 Å². The Bertz CT molecular complexity index is 947. The van der Waals surface area contributed by atoms with Crippen molar-refractivity contribution in [3.63, 3.8) is 0 Å². The maximum absolute atomic E-state index is 12.8. The molecule has 6 heteroatoms. The third-order valence-electron chi connectivity index (χ3n) is 4.83. The Morgan fingerprint density at radius 2 is 2.04 bits per heavy atom. The van der Waals surface area contributed by atoms with E-state index < -0.39 is 0 Å². The van der Waals surface area contributed by atoms with Gasteiger partial charge in [0.2, 0.25) is 0 Å². The first-order chi connectivity index (χ1) is 11.9. The molecule has 0 saturated carbocycles. The molecule has 0 bridgehead atoms. The van der Waals surface area contributed by atoms with Crippen LogP contribution in [-0.4, -0.2) is 15.6 Å². The lowest BCUT2D eigenvalue weighted by molar-refractivity contribution is -0.118. The molecule has 2 heterocycles. The molecule has 1 atom stereocenters. The predicted octanol–water partition coefficient (Wildman–Crippen LogP) is 4.07. The molecule has 1 aliphatic heterocycles. The molecular formula is C19H17ClN4O. The van der Waals surface area contributed by atoms with Gasteiger partial charge in [0.05, 0.1) is 11.9 Å². The van der Waals surface area contributed by atoms with E-state index in [2.05, 4.69) is 30.3 Å². The Kier molecular flexibility index (Phi) is 3.48. The number of fused-ring (bicyclic) bond motifs is 1. The number of nitrogens with zero attached hydrogens (tertiary/aromatic N) is 3. The number of Topliss-reactive ketones (excluding diaryl/α,β-unsaturated/α-hetero) is 1. The zero-order chi connectivity index (χ0) is 17.8. The molecular weight excluding hydrogens is 336 g/mol. The Morgan fingerprint density at radius 1 is 1.32 bits per heavy atom. The van der Waals surface area contributed by atoms with Gasteiger partial charge in [-0.25, -0.2) is 4.68 Å². The second-order valence-electron chi connectivity index (χ2n) is 7.38. The van der Waals surface area contributed by atoms with Gasteiger partial charge in [-0.2, -0.15) is 10.4 Å². The molecule has 1 N–H and O–H groups in total. The molecule has 0 amide bonds. The zero-order valence-electron chi connectivity index (χ0n) is 14.0. The van der Waals surface area contributed by atoms with Crippen molar-refractivity contribution in [2.24, 2.45) is 5.41 Å². The van der Waals surface area contributed by atoms with Gasteiger partial charge in [-0.1, -0.05) is 37.6 Å². The van der Waals surface area contributed by atoms with Gasteiger partial charge in [-0.15, -0.1) is 0 Å². The van der Waals surface area contributed by atoms with Crippen LogP contribution in [0.25, 0.3) is 0 Å². The lowest BCUT2D eigenvalue weighted by atomic mass is 9.72. The van der Waals surface area contributed by atoms with Crippen LogP contribution in [0.1, 0.15) is 43.9 Å². The molecule has 0 fully saturated rings. The lowest BCUT2D eigenvalue weighted by Crippen LogP contribution is -2.36. The fourth-order valence-electron chi connectivity index (χ4n) is 3.77. The predicted molar refractivity (Wildman–Crippen MR) is 95.2 cm³/mol. The molecule has 0 saturated heterocycles. The van der Waals surface area contributed by atoms with E-state index in [9.17, 15) is 10.1 Å². The van der Waals surface area contributed by atoms with Crippen molar-refractivity contribution < 1.29 is 4.79 Å². The Hall–Kier alpha value is -2.58.